The van der Waals surface area contributed by atoms with Crippen LogP contribution >= 0.6 is 12.2 Å². The van der Waals surface area contributed by atoms with Crippen molar-refractivity contribution in [2.24, 2.45) is 5.10 Å². The third-order valence-electron chi connectivity index (χ3n) is 3.66. The number of hydrogen-bond acceptors (Lipinski definition) is 5. The molecule has 3 aromatic rings. The van der Waals surface area contributed by atoms with Crippen molar-refractivity contribution in [3.05, 3.63) is 58.4 Å². The molecule has 0 unspecified atom stereocenters. The van der Waals surface area contributed by atoms with Crippen molar-refractivity contribution in [3.8, 4) is 22.9 Å². The second kappa shape index (κ2) is 7.31. The number of hydrogen-bond donors (Lipinski definition) is 1. The lowest BCUT2D eigenvalue weighted by Gasteiger charge is -2.09. The number of aromatic nitrogens is 3. The molecule has 25 heavy (non-hydrogen) atoms. The maximum Gasteiger partial charge on any atom is 0.216 e. The summed E-state index contributed by atoms with van der Waals surface area (Å²) in [6, 6.07) is 13.5. The summed E-state index contributed by atoms with van der Waals surface area (Å²) >= 11 is 5.31. The molecule has 6 nitrogen and oxygen atoms in total. The number of benzene rings is 2. The van der Waals surface area contributed by atoms with Gasteiger partial charge in [0, 0.05) is 6.07 Å². The Morgan fingerprint density at radius 1 is 1.16 bits per heavy atom. The molecular formula is C18H18N4O2S. The van der Waals surface area contributed by atoms with Crippen molar-refractivity contribution in [3.63, 3.8) is 0 Å². The van der Waals surface area contributed by atoms with Gasteiger partial charge in [0.15, 0.2) is 5.82 Å². The predicted octanol–water partition coefficient (Wildman–Crippen LogP) is 3.82. The van der Waals surface area contributed by atoms with Crippen molar-refractivity contribution in [2.45, 2.75) is 6.92 Å². The first-order valence-electron chi connectivity index (χ1n) is 7.63. The number of H-pyrrole nitrogens is 1. The van der Waals surface area contributed by atoms with Crippen LogP contribution in [0.15, 0.2) is 47.6 Å². The molecule has 1 heterocycles. The van der Waals surface area contributed by atoms with Crippen molar-refractivity contribution >= 4 is 18.4 Å². The topological polar surface area (TPSA) is 64.4 Å². The van der Waals surface area contributed by atoms with Crippen LogP contribution in [0.4, 0.5) is 0 Å². The van der Waals surface area contributed by atoms with Gasteiger partial charge in [-0.3, -0.25) is 0 Å². The predicted molar refractivity (Wildman–Crippen MR) is 100 cm³/mol. The maximum atomic E-state index is 5.45. The molecule has 0 aliphatic heterocycles. The average Bonchev–Trinajstić information content (AvgIpc) is 2.99. The van der Waals surface area contributed by atoms with Gasteiger partial charge in [-0.05, 0) is 36.8 Å². The number of aryl methyl sites for hydroxylation is 1. The molecule has 3 rings (SSSR count). The van der Waals surface area contributed by atoms with Gasteiger partial charge in [0.2, 0.25) is 4.77 Å². The Hall–Kier alpha value is -2.93. The molecule has 0 saturated carbocycles. The molecule has 0 spiro atoms. The van der Waals surface area contributed by atoms with Crippen molar-refractivity contribution < 1.29 is 9.47 Å². The van der Waals surface area contributed by atoms with E-state index < -0.39 is 0 Å². The first kappa shape index (κ1) is 16.9. The van der Waals surface area contributed by atoms with E-state index in [9.17, 15) is 0 Å². The summed E-state index contributed by atoms with van der Waals surface area (Å²) in [5.41, 5.74) is 2.91. The molecule has 0 amide bonds. The van der Waals surface area contributed by atoms with E-state index in [2.05, 4.69) is 15.3 Å². The van der Waals surface area contributed by atoms with Crippen LogP contribution in [0.1, 0.15) is 11.1 Å². The quantitative estimate of drug-likeness (QED) is 0.559. The summed E-state index contributed by atoms with van der Waals surface area (Å²) in [6.07, 6.45) is 1.75. The zero-order valence-corrected chi connectivity index (χ0v) is 15.0. The number of nitrogens with one attached hydrogen (secondary N) is 1. The minimum Gasteiger partial charge on any atom is -0.497 e. The largest absolute Gasteiger partial charge is 0.497 e. The van der Waals surface area contributed by atoms with Crippen LogP contribution in [-0.4, -0.2) is 35.3 Å². The molecule has 0 fully saturated rings. The van der Waals surface area contributed by atoms with Gasteiger partial charge in [0.25, 0.3) is 0 Å². The van der Waals surface area contributed by atoms with Gasteiger partial charge in [-0.2, -0.15) is 14.9 Å². The molecule has 0 aliphatic carbocycles. The van der Waals surface area contributed by atoms with E-state index in [1.807, 2.05) is 43.3 Å². The van der Waals surface area contributed by atoms with Crippen LogP contribution in [0.3, 0.4) is 0 Å². The number of ether oxygens (including phenoxy) is 2. The van der Waals surface area contributed by atoms with Crippen LogP contribution in [0.2, 0.25) is 0 Å². The minimum atomic E-state index is 0.400. The summed E-state index contributed by atoms with van der Waals surface area (Å²) in [4.78, 5) is 0. The van der Waals surface area contributed by atoms with Gasteiger partial charge in [0.05, 0.1) is 26.0 Å². The van der Waals surface area contributed by atoms with Crippen LogP contribution in [0.25, 0.3) is 11.4 Å². The van der Waals surface area contributed by atoms with E-state index >= 15 is 0 Å². The minimum absolute atomic E-state index is 0.400. The van der Waals surface area contributed by atoms with E-state index in [0.717, 1.165) is 16.7 Å². The monoisotopic (exact) mass is 354 g/mol. The first-order chi connectivity index (χ1) is 12.1. The number of aromatic amines is 1. The summed E-state index contributed by atoms with van der Waals surface area (Å²) in [7, 11) is 3.20. The molecule has 2 aromatic carbocycles. The van der Waals surface area contributed by atoms with Crippen molar-refractivity contribution in [2.75, 3.05) is 14.2 Å². The van der Waals surface area contributed by atoms with Gasteiger partial charge in [0.1, 0.15) is 11.5 Å². The molecule has 7 heteroatoms. The fourth-order valence-electron chi connectivity index (χ4n) is 2.43. The number of methoxy groups -OCH3 is 2. The normalized spacial score (nSPS) is 11.0. The Morgan fingerprint density at radius 2 is 2.00 bits per heavy atom. The van der Waals surface area contributed by atoms with Gasteiger partial charge in [-0.1, -0.05) is 29.8 Å². The van der Waals surface area contributed by atoms with E-state index in [1.165, 1.54) is 0 Å². The molecule has 0 radical (unpaired) electrons. The average molecular weight is 354 g/mol. The lowest BCUT2D eigenvalue weighted by Crippen LogP contribution is -1.98. The molecule has 128 valence electrons. The first-order valence-corrected chi connectivity index (χ1v) is 8.04. The van der Waals surface area contributed by atoms with E-state index in [-0.39, 0.29) is 0 Å². The van der Waals surface area contributed by atoms with Gasteiger partial charge < -0.3 is 9.47 Å². The molecule has 0 atom stereocenters. The summed E-state index contributed by atoms with van der Waals surface area (Å²) in [5.74, 6) is 1.89. The molecule has 0 bridgehead atoms. The zero-order chi connectivity index (χ0) is 17.8. The zero-order valence-electron chi connectivity index (χ0n) is 14.2. The van der Waals surface area contributed by atoms with Crippen LogP contribution in [0.5, 0.6) is 11.5 Å². The maximum absolute atomic E-state index is 5.45. The van der Waals surface area contributed by atoms with Crippen LogP contribution in [0, 0.1) is 11.7 Å². The summed E-state index contributed by atoms with van der Waals surface area (Å²) in [6.45, 7) is 2.04. The van der Waals surface area contributed by atoms with E-state index in [0.29, 0.717) is 22.1 Å². The van der Waals surface area contributed by atoms with Gasteiger partial charge in [-0.25, -0.2) is 5.10 Å². The molecular weight excluding hydrogens is 336 g/mol. The van der Waals surface area contributed by atoms with Gasteiger partial charge in [-0.15, -0.1) is 0 Å². The van der Waals surface area contributed by atoms with E-state index in [4.69, 9.17) is 21.7 Å². The highest BCUT2D eigenvalue weighted by atomic mass is 32.1. The fraction of sp³-hybridized carbons (Fsp3) is 0.167. The van der Waals surface area contributed by atoms with Crippen molar-refractivity contribution in [1.29, 1.82) is 0 Å². The Morgan fingerprint density at radius 3 is 2.72 bits per heavy atom. The highest BCUT2D eigenvalue weighted by Crippen LogP contribution is 2.32. The highest BCUT2D eigenvalue weighted by Gasteiger charge is 2.14. The third kappa shape index (κ3) is 3.61. The molecule has 0 saturated heterocycles. The Labute approximate surface area is 150 Å². The Bertz CT molecular complexity index is 975. The van der Waals surface area contributed by atoms with Crippen molar-refractivity contribution in [1.82, 2.24) is 14.9 Å². The summed E-state index contributed by atoms with van der Waals surface area (Å²) in [5, 5.41) is 11.5. The van der Waals surface area contributed by atoms with Crippen LogP contribution < -0.4 is 9.47 Å². The lowest BCUT2D eigenvalue weighted by atomic mass is 10.1. The molecule has 1 N–H and O–H groups in total. The second-order valence-corrected chi connectivity index (χ2v) is 5.78. The second-order valence-electron chi connectivity index (χ2n) is 5.39. The Balaban J connectivity index is 2.04. The Kier molecular flexibility index (Phi) is 4.95. The standard InChI is InChI=1S/C18H18N4O2S/c1-12-5-4-6-13(9-12)11-19-22-17(20-21-18(22)25)15-8-7-14(23-2)10-16(15)24-3/h4-11H,1-3H3,(H,21,25)/b19-11-. The number of rotatable bonds is 5. The third-order valence-corrected chi connectivity index (χ3v) is 3.93. The van der Waals surface area contributed by atoms with Crippen LogP contribution in [-0.2, 0) is 0 Å². The smallest absolute Gasteiger partial charge is 0.216 e. The molecule has 0 aliphatic rings. The summed E-state index contributed by atoms with van der Waals surface area (Å²) < 4.78 is 12.7. The SMILES string of the molecule is COc1ccc(-c2n[nH]c(=S)n2/N=C\c2cccc(C)c2)c(OC)c1. The van der Waals surface area contributed by atoms with E-state index in [1.54, 1.807) is 31.2 Å². The molecule has 1 aromatic heterocycles. The fourth-order valence-corrected chi connectivity index (χ4v) is 2.61. The number of nitrogens with zero attached hydrogens (tertiary/aromatic N) is 3. The highest BCUT2D eigenvalue weighted by molar-refractivity contribution is 7.71. The van der Waals surface area contributed by atoms with Gasteiger partial charge >= 0.3 is 0 Å². The lowest BCUT2D eigenvalue weighted by molar-refractivity contribution is 0.395.